The molecule has 0 spiro atoms. The van der Waals surface area contributed by atoms with Crippen LogP contribution < -0.4 is 16.0 Å². The van der Waals surface area contributed by atoms with E-state index in [1.54, 1.807) is 33.3 Å². The zero-order chi connectivity index (χ0) is 27.5. The van der Waals surface area contributed by atoms with Crippen molar-refractivity contribution in [2.45, 2.75) is 32.4 Å². The fourth-order valence-electron chi connectivity index (χ4n) is 3.57. The maximum absolute atomic E-state index is 12.4. The van der Waals surface area contributed by atoms with Crippen molar-refractivity contribution in [3.05, 3.63) is 53.2 Å². The van der Waals surface area contributed by atoms with E-state index in [0.717, 1.165) is 17.8 Å². The number of rotatable bonds is 11. The van der Waals surface area contributed by atoms with Crippen molar-refractivity contribution in [1.82, 2.24) is 25.1 Å². The number of nitrogens with one attached hydrogen (secondary N) is 3. The highest BCUT2D eigenvalue weighted by Gasteiger charge is 2.20. The van der Waals surface area contributed by atoms with Gasteiger partial charge in [-0.2, -0.15) is 4.98 Å². The van der Waals surface area contributed by atoms with Crippen LogP contribution in [0, 0.1) is 11.8 Å². The predicted octanol–water partition coefficient (Wildman–Crippen LogP) is 2.41. The zero-order valence-corrected chi connectivity index (χ0v) is 22.7. The summed E-state index contributed by atoms with van der Waals surface area (Å²) in [6.45, 7) is 3.57. The molecule has 0 saturated heterocycles. The van der Waals surface area contributed by atoms with Crippen LogP contribution in [0.1, 0.15) is 36.5 Å². The Morgan fingerprint density at radius 1 is 1.24 bits per heavy atom. The van der Waals surface area contributed by atoms with E-state index in [2.05, 4.69) is 48.8 Å². The molecular weight excluding hydrogens is 480 g/mol. The molecule has 0 unspecified atom stereocenters. The Kier molecular flexibility index (Phi) is 10.4. The quantitative estimate of drug-likeness (QED) is 0.239. The van der Waals surface area contributed by atoms with Crippen LogP contribution in [0.5, 0.6) is 0 Å². The SMILES string of the molecule is CNc1nc(Nc2ccc3c(c2)C=NC3)ncc1C#CCCCNC(=O)[C@H](C)N(C)C(=O)/C=C/CN(C)C. The van der Waals surface area contributed by atoms with Crippen molar-refractivity contribution in [2.24, 2.45) is 4.99 Å². The lowest BCUT2D eigenvalue weighted by Crippen LogP contribution is -2.45. The lowest BCUT2D eigenvalue weighted by Gasteiger charge is -2.23. The van der Waals surface area contributed by atoms with E-state index in [1.807, 2.05) is 37.3 Å². The van der Waals surface area contributed by atoms with Crippen molar-refractivity contribution in [3.63, 3.8) is 0 Å². The minimum Gasteiger partial charge on any atom is -0.372 e. The Morgan fingerprint density at radius 2 is 2.05 bits per heavy atom. The van der Waals surface area contributed by atoms with Crippen molar-refractivity contribution in [3.8, 4) is 11.8 Å². The van der Waals surface area contributed by atoms with Crippen molar-refractivity contribution in [2.75, 3.05) is 51.9 Å². The number of benzene rings is 1. The van der Waals surface area contributed by atoms with E-state index < -0.39 is 6.04 Å². The molecule has 0 radical (unpaired) electrons. The van der Waals surface area contributed by atoms with Gasteiger partial charge in [0.1, 0.15) is 11.9 Å². The van der Waals surface area contributed by atoms with Crippen LogP contribution in [0.25, 0.3) is 0 Å². The summed E-state index contributed by atoms with van der Waals surface area (Å²) in [4.78, 5) is 41.2. The molecule has 200 valence electrons. The third-order valence-corrected chi connectivity index (χ3v) is 5.96. The molecule has 2 heterocycles. The fourth-order valence-corrected chi connectivity index (χ4v) is 3.57. The molecule has 3 N–H and O–H groups in total. The summed E-state index contributed by atoms with van der Waals surface area (Å²) >= 11 is 0. The van der Waals surface area contributed by atoms with Crippen molar-refractivity contribution >= 4 is 35.5 Å². The molecular formula is C28H36N8O2. The number of fused-ring (bicyclic) bond motifs is 1. The number of carbonyl (C=O) groups excluding carboxylic acids is 2. The van der Waals surface area contributed by atoms with E-state index in [-0.39, 0.29) is 11.8 Å². The number of aliphatic imine (C=N–C) groups is 1. The largest absolute Gasteiger partial charge is 0.372 e. The maximum atomic E-state index is 12.4. The van der Waals surface area contributed by atoms with Gasteiger partial charge in [-0.3, -0.25) is 14.6 Å². The van der Waals surface area contributed by atoms with Crippen LogP contribution in [0.2, 0.25) is 0 Å². The Balaban J connectivity index is 1.45. The summed E-state index contributed by atoms with van der Waals surface area (Å²) in [6.07, 6.45) is 8.11. The second-order valence-electron chi connectivity index (χ2n) is 9.20. The highest BCUT2D eigenvalue weighted by molar-refractivity contribution is 5.92. The van der Waals surface area contributed by atoms with Crippen LogP contribution in [-0.2, 0) is 16.1 Å². The molecule has 38 heavy (non-hydrogen) atoms. The number of likely N-dealkylation sites (N-methyl/N-ethyl adjacent to an activating group) is 2. The van der Waals surface area contributed by atoms with E-state index >= 15 is 0 Å². The first-order chi connectivity index (χ1) is 18.3. The van der Waals surface area contributed by atoms with Crippen LogP contribution in [0.15, 0.2) is 41.5 Å². The second kappa shape index (κ2) is 13.9. The third-order valence-electron chi connectivity index (χ3n) is 5.96. The number of carbonyl (C=O) groups is 2. The van der Waals surface area contributed by atoms with Gasteiger partial charge in [0.25, 0.3) is 0 Å². The number of aromatic nitrogens is 2. The highest BCUT2D eigenvalue weighted by Crippen LogP contribution is 2.22. The van der Waals surface area contributed by atoms with Crippen LogP contribution >= 0.6 is 0 Å². The molecule has 1 aliphatic rings. The summed E-state index contributed by atoms with van der Waals surface area (Å²) < 4.78 is 0. The molecule has 2 amide bonds. The molecule has 1 aliphatic heterocycles. The minimum atomic E-state index is -0.565. The van der Waals surface area contributed by atoms with Gasteiger partial charge in [-0.05, 0) is 50.7 Å². The Morgan fingerprint density at radius 3 is 2.82 bits per heavy atom. The summed E-state index contributed by atoms with van der Waals surface area (Å²) in [6, 6.07) is 5.50. The fraction of sp³-hybridized carbons (Fsp3) is 0.393. The molecule has 3 rings (SSSR count). The number of anilines is 3. The lowest BCUT2D eigenvalue weighted by molar-refractivity contribution is -0.135. The number of hydrogen-bond acceptors (Lipinski definition) is 8. The Hall–Kier alpha value is -4.23. The van der Waals surface area contributed by atoms with E-state index in [1.165, 1.54) is 16.5 Å². The van der Waals surface area contributed by atoms with Gasteiger partial charge in [0.05, 0.1) is 18.3 Å². The number of nitrogens with zero attached hydrogens (tertiary/aromatic N) is 5. The van der Waals surface area contributed by atoms with Gasteiger partial charge in [0, 0.05) is 51.6 Å². The van der Waals surface area contributed by atoms with Gasteiger partial charge >= 0.3 is 0 Å². The van der Waals surface area contributed by atoms with Crippen molar-refractivity contribution < 1.29 is 9.59 Å². The van der Waals surface area contributed by atoms with Gasteiger partial charge in [0.2, 0.25) is 17.8 Å². The maximum Gasteiger partial charge on any atom is 0.246 e. The van der Waals surface area contributed by atoms with Gasteiger partial charge < -0.3 is 25.8 Å². The van der Waals surface area contributed by atoms with Gasteiger partial charge in [0.15, 0.2) is 0 Å². The first-order valence-corrected chi connectivity index (χ1v) is 12.6. The summed E-state index contributed by atoms with van der Waals surface area (Å²) in [7, 11) is 7.26. The molecule has 0 bridgehead atoms. The minimum absolute atomic E-state index is 0.195. The summed E-state index contributed by atoms with van der Waals surface area (Å²) in [5.74, 6) is 6.93. The summed E-state index contributed by atoms with van der Waals surface area (Å²) in [5.41, 5.74) is 3.90. The lowest BCUT2D eigenvalue weighted by atomic mass is 10.1. The van der Waals surface area contributed by atoms with E-state index in [4.69, 9.17) is 0 Å². The normalized spacial score (nSPS) is 12.6. The predicted molar refractivity (Wildman–Crippen MR) is 152 cm³/mol. The molecule has 1 atom stereocenters. The van der Waals surface area contributed by atoms with Crippen LogP contribution in [0.4, 0.5) is 17.5 Å². The van der Waals surface area contributed by atoms with Crippen LogP contribution in [-0.4, -0.2) is 85.1 Å². The number of hydrogen-bond donors (Lipinski definition) is 3. The van der Waals surface area contributed by atoms with Gasteiger partial charge in [-0.25, -0.2) is 4.98 Å². The average Bonchev–Trinajstić information content (AvgIpc) is 3.37. The van der Waals surface area contributed by atoms with E-state index in [9.17, 15) is 9.59 Å². The first kappa shape index (κ1) is 28.3. The molecule has 10 nitrogen and oxygen atoms in total. The molecule has 0 aliphatic carbocycles. The summed E-state index contributed by atoms with van der Waals surface area (Å²) in [5, 5.41) is 9.17. The van der Waals surface area contributed by atoms with Gasteiger partial charge in [-0.15, -0.1) is 0 Å². The molecule has 1 aromatic heterocycles. The number of amides is 2. The number of unbranched alkanes of at least 4 members (excludes halogenated alkanes) is 1. The van der Waals surface area contributed by atoms with Gasteiger partial charge in [-0.1, -0.05) is 24.0 Å². The Labute approximate surface area is 224 Å². The third kappa shape index (κ3) is 8.15. The highest BCUT2D eigenvalue weighted by atomic mass is 16.2. The topological polar surface area (TPSA) is 115 Å². The zero-order valence-electron chi connectivity index (χ0n) is 22.7. The first-order valence-electron chi connectivity index (χ1n) is 12.6. The standard InChI is InChI=1S/C28H36N8O2/c1-20(36(5)25(37)11-9-15-35(3)4)27(38)31-14-8-6-7-10-22-19-32-28(34-26(22)29-2)33-24-13-12-21-17-30-18-23(21)16-24/h9,11-13,16,18-20H,6,8,14-15,17H2,1-5H3,(H,31,38)(H2,29,32,33,34)/b11-9+/t20-/m0/s1. The van der Waals surface area contributed by atoms with Crippen molar-refractivity contribution in [1.29, 1.82) is 0 Å². The molecule has 10 heteroatoms. The molecule has 2 aromatic rings. The Bertz CT molecular complexity index is 1260. The second-order valence-corrected chi connectivity index (χ2v) is 9.20. The monoisotopic (exact) mass is 516 g/mol. The molecule has 0 saturated carbocycles. The van der Waals surface area contributed by atoms with E-state index in [0.29, 0.717) is 43.3 Å². The smallest absolute Gasteiger partial charge is 0.246 e. The molecule has 1 aromatic carbocycles. The molecule has 0 fully saturated rings. The average molecular weight is 517 g/mol. The van der Waals surface area contributed by atoms with Crippen LogP contribution in [0.3, 0.4) is 0 Å².